The number of rotatable bonds is 6. The fourth-order valence-corrected chi connectivity index (χ4v) is 2.28. The number of anilines is 1. The van der Waals surface area contributed by atoms with Crippen molar-refractivity contribution >= 4 is 11.6 Å². The zero-order valence-corrected chi connectivity index (χ0v) is 12.1. The molecule has 0 bridgehead atoms. The molecule has 0 aliphatic heterocycles. The first-order chi connectivity index (χ1) is 9.13. The first kappa shape index (κ1) is 13.9. The Morgan fingerprint density at radius 3 is 2.63 bits per heavy atom. The summed E-state index contributed by atoms with van der Waals surface area (Å²) in [4.78, 5) is 14.7. The van der Waals surface area contributed by atoms with Crippen molar-refractivity contribution in [3.8, 4) is 0 Å². The van der Waals surface area contributed by atoms with Crippen LogP contribution >= 0.6 is 0 Å². The molecule has 3 heteroatoms. The Morgan fingerprint density at radius 1 is 1.37 bits per heavy atom. The summed E-state index contributed by atoms with van der Waals surface area (Å²) in [5, 5.41) is 3.27. The zero-order valence-electron chi connectivity index (χ0n) is 12.1. The molecule has 104 valence electrons. The van der Waals surface area contributed by atoms with Crippen molar-refractivity contribution in [2.45, 2.75) is 39.7 Å². The number of nitrogens with zero attached hydrogens (tertiary/aromatic N) is 1. The van der Waals surface area contributed by atoms with Crippen molar-refractivity contribution in [1.82, 2.24) is 4.90 Å². The van der Waals surface area contributed by atoms with E-state index in [2.05, 4.69) is 19.2 Å². The Labute approximate surface area is 116 Å². The van der Waals surface area contributed by atoms with Crippen LogP contribution in [0.5, 0.6) is 0 Å². The van der Waals surface area contributed by atoms with E-state index in [1.165, 1.54) is 12.8 Å². The standard InChI is InChI=1S/C16H24N2O/c1-4-17-15-8-6-5-7-14(15)16(19)18(12(2)3)11-13-9-10-13/h5-8,12-13,17H,4,9-11H2,1-3H3. The van der Waals surface area contributed by atoms with Crippen LogP contribution in [0.1, 0.15) is 44.0 Å². The topological polar surface area (TPSA) is 32.3 Å². The average molecular weight is 260 g/mol. The van der Waals surface area contributed by atoms with Crippen molar-refractivity contribution in [3.63, 3.8) is 0 Å². The van der Waals surface area contributed by atoms with Crippen molar-refractivity contribution in [2.24, 2.45) is 5.92 Å². The molecule has 1 aliphatic rings. The molecule has 1 aliphatic carbocycles. The van der Waals surface area contributed by atoms with Gasteiger partial charge in [-0.3, -0.25) is 4.79 Å². The average Bonchev–Trinajstić information content (AvgIpc) is 3.20. The number of hydrogen-bond donors (Lipinski definition) is 1. The predicted octanol–water partition coefficient (Wildman–Crippen LogP) is 3.38. The minimum atomic E-state index is 0.151. The van der Waals surface area contributed by atoms with Crippen molar-refractivity contribution in [1.29, 1.82) is 0 Å². The van der Waals surface area contributed by atoms with Gasteiger partial charge in [0.1, 0.15) is 0 Å². The molecule has 0 heterocycles. The highest BCUT2D eigenvalue weighted by molar-refractivity contribution is 5.99. The predicted molar refractivity (Wildman–Crippen MR) is 79.5 cm³/mol. The lowest BCUT2D eigenvalue weighted by Gasteiger charge is -2.27. The third kappa shape index (κ3) is 3.49. The number of nitrogens with one attached hydrogen (secondary N) is 1. The van der Waals surface area contributed by atoms with E-state index in [1.54, 1.807) is 0 Å². The SMILES string of the molecule is CCNc1ccccc1C(=O)N(CC1CC1)C(C)C. The summed E-state index contributed by atoms with van der Waals surface area (Å²) < 4.78 is 0. The van der Waals surface area contributed by atoms with E-state index in [0.29, 0.717) is 0 Å². The van der Waals surface area contributed by atoms with Gasteiger partial charge in [0.15, 0.2) is 0 Å². The number of amides is 1. The molecule has 1 fully saturated rings. The summed E-state index contributed by atoms with van der Waals surface area (Å²) in [5.74, 6) is 0.871. The number of para-hydroxylation sites is 1. The highest BCUT2D eigenvalue weighted by Gasteiger charge is 2.29. The fourth-order valence-electron chi connectivity index (χ4n) is 2.28. The lowest BCUT2D eigenvalue weighted by atomic mass is 10.1. The largest absolute Gasteiger partial charge is 0.385 e. The molecule has 1 saturated carbocycles. The summed E-state index contributed by atoms with van der Waals surface area (Å²) in [6.07, 6.45) is 2.54. The van der Waals surface area contributed by atoms with Gasteiger partial charge in [0.2, 0.25) is 0 Å². The molecule has 3 nitrogen and oxygen atoms in total. The first-order valence-corrected chi connectivity index (χ1v) is 7.27. The second-order valence-electron chi connectivity index (χ2n) is 5.57. The van der Waals surface area contributed by atoms with Crippen LogP contribution in [0.4, 0.5) is 5.69 Å². The molecule has 2 rings (SSSR count). The van der Waals surface area contributed by atoms with Crippen LogP contribution in [-0.4, -0.2) is 29.9 Å². The van der Waals surface area contributed by atoms with Gasteiger partial charge in [0.25, 0.3) is 5.91 Å². The Balaban J connectivity index is 2.20. The second-order valence-corrected chi connectivity index (χ2v) is 5.57. The number of hydrogen-bond acceptors (Lipinski definition) is 2. The monoisotopic (exact) mass is 260 g/mol. The van der Waals surface area contributed by atoms with Gasteiger partial charge in [-0.15, -0.1) is 0 Å². The molecule has 1 amide bonds. The second kappa shape index (κ2) is 6.09. The van der Waals surface area contributed by atoms with E-state index >= 15 is 0 Å². The molecule has 19 heavy (non-hydrogen) atoms. The van der Waals surface area contributed by atoms with Crippen LogP contribution in [0, 0.1) is 5.92 Å². The Bertz CT molecular complexity index is 438. The summed E-state index contributed by atoms with van der Waals surface area (Å²) in [6, 6.07) is 8.05. The summed E-state index contributed by atoms with van der Waals surface area (Å²) >= 11 is 0. The van der Waals surface area contributed by atoms with Gasteiger partial charge in [0, 0.05) is 24.8 Å². The fraction of sp³-hybridized carbons (Fsp3) is 0.562. The lowest BCUT2D eigenvalue weighted by molar-refractivity contribution is 0.0697. The highest BCUT2D eigenvalue weighted by atomic mass is 16.2. The van der Waals surface area contributed by atoms with Gasteiger partial charge in [-0.2, -0.15) is 0 Å². The summed E-state index contributed by atoms with van der Waals surface area (Å²) in [6.45, 7) is 7.96. The summed E-state index contributed by atoms with van der Waals surface area (Å²) in [5.41, 5.74) is 1.73. The van der Waals surface area contributed by atoms with Gasteiger partial charge in [-0.1, -0.05) is 12.1 Å². The van der Waals surface area contributed by atoms with E-state index in [-0.39, 0.29) is 11.9 Å². The number of carbonyl (C=O) groups excluding carboxylic acids is 1. The van der Waals surface area contributed by atoms with E-state index in [4.69, 9.17) is 0 Å². The normalized spacial score (nSPS) is 14.5. The van der Waals surface area contributed by atoms with Crippen molar-refractivity contribution < 1.29 is 4.79 Å². The third-order valence-corrected chi connectivity index (χ3v) is 3.56. The van der Waals surface area contributed by atoms with E-state index in [0.717, 1.165) is 30.3 Å². The molecular formula is C16H24N2O. The van der Waals surface area contributed by atoms with Gasteiger partial charge in [-0.05, 0) is 51.7 Å². The van der Waals surface area contributed by atoms with Crippen LogP contribution < -0.4 is 5.32 Å². The molecule has 0 aromatic heterocycles. The van der Waals surface area contributed by atoms with Gasteiger partial charge in [0.05, 0.1) is 5.56 Å². The summed E-state index contributed by atoms with van der Waals surface area (Å²) in [7, 11) is 0. The van der Waals surface area contributed by atoms with Gasteiger partial charge in [-0.25, -0.2) is 0 Å². The maximum Gasteiger partial charge on any atom is 0.256 e. The quantitative estimate of drug-likeness (QED) is 0.850. The molecule has 0 spiro atoms. The van der Waals surface area contributed by atoms with Gasteiger partial charge < -0.3 is 10.2 Å². The van der Waals surface area contributed by atoms with Crippen LogP contribution in [0.25, 0.3) is 0 Å². The molecular weight excluding hydrogens is 236 g/mol. The molecule has 0 unspecified atom stereocenters. The van der Waals surface area contributed by atoms with Crippen LogP contribution in [0.15, 0.2) is 24.3 Å². The maximum absolute atomic E-state index is 12.7. The van der Waals surface area contributed by atoms with Crippen molar-refractivity contribution in [2.75, 3.05) is 18.4 Å². The van der Waals surface area contributed by atoms with Crippen LogP contribution in [0.2, 0.25) is 0 Å². The Morgan fingerprint density at radius 2 is 2.05 bits per heavy atom. The van der Waals surface area contributed by atoms with Crippen LogP contribution in [-0.2, 0) is 0 Å². The van der Waals surface area contributed by atoms with Crippen molar-refractivity contribution in [3.05, 3.63) is 29.8 Å². The van der Waals surface area contributed by atoms with E-state index in [1.807, 2.05) is 36.1 Å². The minimum Gasteiger partial charge on any atom is -0.385 e. The maximum atomic E-state index is 12.7. The number of benzene rings is 1. The molecule has 1 N–H and O–H groups in total. The van der Waals surface area contributed by atoms with Crippen LogP contribution in [0.3, 0.4) is 0 Å². The third-order valence-electron chi connectivity index (χ3n) is 3.56. The molecule has 0 atom stereocenters. The van der Waals surface area contributed by atoms with E-state index < -0.39 is 0 Å². The number of carbonyl (C=O) groups is 1. The minimum absolute atomic E-state index is 0.151. The first-order valence-electron chi connectivity index (χ1n) is 7.27. The molecule has 0 radical (unpaired) electrons. The lowest BCUT2D eigenvalue weighted by Crippen LogP contribution is -2.38. The Kier molecular flexibility index (Phi) is 4.46. The molecule has 1 aromatic carbocycles. The van der Waals surface area contributed by atoms with Gasteiger partial charge >= 0.3 is 0 Å². The van der Waals surface area contributed by atoms with E-state index in [9.17, 15) is 4.79 Å². The smallest absolute Gasteiger partial charge is 0.256 e. The Hall–Kier alpha value is -1.51. The zero-order chi connectivity index (χ0) is 13.8. The molecule has 0 saturated heterocycles. The molecule has 1 aromatic rings. The highest BCUT2D eigenvalue weighted by Crippen LogP contribution is 2.31.